The van der Waals surface area contributed by atoms with Crippen molar-refractivity contribution in [3.63, 3.8) is 0 Å². The molecular weight excluding hydrogens is 365 g/mol. The van der Waals surface area contributed by atoms with Gasteiger partial charge in [-0.05, 0) is 29.8 Å². The molecule has 0 radical (unpaired) electrons. The number of nitrogens with two attached hydrogens (primary N) is 1. The van der Waals surface area contributed by atoms with Crippen molar-refractivity contribution in [1.29, 1.82) is 0 Å². The Kier molecular flexibility index (Phi) is 5.20. The van der Waals surface area contributed by atoms with Crippen molar-refractivity contribution in [2.24, 2.45) is 0 Å². The van der Waals surface area contributed by atoms with Crippen LogP contribution in [-0.2, 0) is 5.75 Å². The minimum Gasteiger partial charge on any atom is -0.334 e. The number of anilines is 2. The Morgan fingerprint density at radius 2 is 2.00 bits per heavy atom. The van der Waals surface area contributed by atoms with Crippen LogP contribution in [0, 0.1) is 5.82 Å². The van der Waals surface area contributed by atoms with Crippen molar-refractivity contribution in [3.8, 4) is 0 Å². The molecule has 0 atom stereocenters. The van der Waals surface area contributed by atoms with Gasteiger partial charge in [-0.15, -0.1) is 10.2 Å². The molecule has 0 saturated carbocycles. The molecule has 0 aliphatic heterocycles. The second kappa shape index (κ2) is 7.54. The number of aromatic nitrogens is 3. The summed E-state index contributed by atoms with van der Waals surface area (Å²) in [7, 11) is 0. The second-order valence-electron chi connectivity index (χ2n) is 5.02. The van der Waals surface area contributed by atoms with E-state index < -0.39 is 11.4 Å². The maximum Gasteiger partial charge on any atom is 0.315 e. The first kappa shape index (κ1) is 17.2. The molecule has 0 aliphatic carbocycles. The molecule has 3 aromatic rings. The molecule has 25 heavy (non-hydrogen) atoms. The number of nitrogens with one attached hydrogen (secondary N) is 1. The summed E-state index contributed by atoms with van der Waals surface area (Å²) in [6, 6.07) is 13.0. The second-order valence-corrected chi connectivity index (χ2v) is 6.37. The van der Waals surface area contributed by atoms with Gasteiger partial charge >= 0.3 is 5.56 Å². The van der Waals surface area contributed by atoms with Gasteiger partial charge in [-0.1, -0.05) is 47.6 Å². The summed E-state index contributed by atoms with van der Waals surface area (Å²) in [6.07, 6.45) is 0. The summed E-state index contributed by atoms with van der Waals surface area (Å²) in [5.74, 6) is 5.77. The molecule has 1 heterocycles. The van der Waals surface area contributed by atoms with Crippen molar-refractivity contribution in [1.82, 2.24) is 14.9 Å². The number of thioether (sulfide) groups is 1. The van der Waals surface area contributed by atoms with Crippen LogP contribution in [0.4, 0.5) is 15.9 Å². The Bertz CT molecular complexity index is 965. The van der Waals surface area contributed by atoms with E-state index in [1.165, 1.54) is 30.0 Å². The van der Waals surface area contributed by atoms with Crippen LogP contribution in [0.2, 0.25) is 5.02 Å². The van der Waals surface area contributed by atoms with Gasteiger partial charge in [-0.3, -0.25) is 4.79 Å². The van der Waals surface area contributed by atoms with Crippen LogP contribution in [0.25, 0.3) is 0 Å². The van der Waals surface area contributed by atoms with Gasteiger partial charge in [0, 0.05) is 16.5 Å². The maximum absolute atomic E-state index is 13.2. The first-order valence-electron chi connectivity index (χ1n) is 7.18. The predicted molar refractivity (Wildman–Crippen MR) is 97.1 cm³/mol. The van der Waals surface area contributed by atoms with E-state index in [9.17, 15) is 9.18 Å². The first-order chi connectivity index (χ1) is 12.0. The van der Waals surface area contributed by atoms with E-state index in [-0.39, 0.29) is 11.0 Å². The monoisotopic (exact) mass is 377 g/mol. The number of hydrogen-bond donors (Lipinski definition) is 2. The minimum atomic E-state index is -0.569. The van der Waals surface area contributed by atoms with Gasteiger partial charge < -0.3 is 11.2 Å². The Morgan fingerprint density at radius 3 is 2.76 bits per heavy atom. The van der Waals surface area contributed by atoms with Crippen molar-refractivity contribution < 1.29 is 4.39 Å². The fourth-order valence-electron chi connectivity index (χ4n) is 2.02. The summed E-state index contributed by atoms with van der Waals surface area (Å²) in [4.78, 5) is 12.3. The van der Waals surface area contributed by atoms with Gasteiger partial charge in [0.25, 0.3) is 0 Å². The van der Waals surface area contributed by atoms with E-state index in [0.29, 0.717) is 16.5 Å². The molecule has 3 rings (SSSR count). The lowest BCUT2D eigenvalue weighted by Gasteiger charge is -2.09. The number of hydrogen-bond acceptors (Lipinski definition) is 6. The van der Waals surface area contributed by atoms with E-state index in [4.69, 9.17) is 17.4 Å². The molecule has 128 valence electrons. The molecule has 1 aromatic heterocycles. The molecule has 2 aromatic carbocycles. The van der Waals surface area contributed by atoms with Gasteiger partial charge in [0.15, 0.2) is 0 Å². The smallest absolute Gasteiger partial charge is 0.315 e. The highest BCUT2D eigenvalue weighted by molar-refractivity contribution is 7.98. The van der Waals surface area contributed by atoms with Crippen LogP contribution in [0.5, 0.6) is 0 Å². The van der Waals surface area contributed by atoms with E-state index in [1.54, 1.807) is 12.1 Å². The molecule has 0 fully saturated rings. The van der Waals surface area contributed by atoms with Crippen LogP contribution in [0.1, 0.15) is 5.56 Å². The average Bonchev–Trinajstić information content (AvgIpc) is 2.60. The normalized spacial score (nSPS) is 10.6. The maximum atomic E-state index is 13.2. The average molecular weight is 378 g/mol. The van der Waals surface area contributed by atoms with E-state index in [2.05, 4.69) is 15.5 Å². The Hall–Kier alpha value is -2.58. The van der Waals surface area contributed by atoms with Gasteiger partial charge in [0.2, 0.25) is 11.0 Å². The van der Waals surface area contributed by atoms with Crippen molar-refractivity contribution in [3.05, 3.63) is 75.3 Å². The minimum absolute atomic E-state index is 0.0878. The lowest BCUT2D eigenvalue weighted by atomic mass is 10.2. The molecule has 0 bridgehead atoms. The summed E-state index contributed by atoms with van der Waals surface area (Å²) in [6.45, 7) is 0. The number of nitrogen functional groups attached to an aromatic ring is 1. The van der Waals surface area contributed by atoms with E-state index >= 15 is 0 Å². The third-order valence-electron chi connectivity index (χ3n) is 3.26. The topological polar surface area (TPSA) is 85.8 Å². The first-order valence-corrected chi connectivity index (χ1v) is 8.54. The van der Waals surface area contributed by atoms with Gasteiger partial charge in [-0.25, -0.2) is 4.39 Å². The van der Waals surface area contributed by atoms with E-state index in [0.717, 1.165) is 10.2 Å². The molecule has 0 aliphatic rings. The van der Waals surface area contributed by atoms with Crippen LogP contribution in [0.3, 0.4) is 0 Å². The molecule has 9 heteroatoms. The van der Waals surface area contributed by atoms with Crippen molar-refractivity contribution in [2.45, 2.75) is 10.9 Å². The molecule has 0 saturated heterocycles. The van der Waals surface area contributed by atoms with Crippen LogP contribution in [0.15, 0.2) is 58.5 Å². The van der Waals surface area contributed by atoms with Gasteiger partial charge in [-0.2, -0.15) is 4.68 Å². The lowest BCUT2D eigenvalue weighted by Crippen LogP contribution is -2.32. The Balaban J connectivity index is 1.78. The van der Waals surface area contributed by atoms with Crippen LogP contribution < -0.4 is 16.7 Å². The predicted octanol–water partition coefficient (Wildman–Crippen LogP) is 3.18. The lowest BCUT2D eigenvalue weighted by molar-refractivity contribution is 0.628. The van der Waals surface area contributed by atoms with Crippen LogP contribution in [-0.4, -0.2) is 14.9 Å². The zero-order chi connectivity index (χ0) is 17.8. The van der Waals surface area contributed by atoms with Crippen molar-refractivity contribution in [2.75, 3.05) is 11.2 Å². The molecule has 0 spiro atoms. The zero-order valence-electron chi connectivity index (χ0n) is 12.8. The molecule has 0 amide bonds. The highest BCUT2D eigenvalue weighted by atomic mass is 35.5. The van der Waals surface area contributed by atoms with Crippen molar-refractivity contribution >= 4 is 34.9 Å². The largest absolute Gasteiger partial charge is 0.334 e. The van der Waals surface area contributed by atoms with Crippen LogP contribution >= 0.6 is 23.4 Å². The summed E-state index contributed by atoms with van der Waals surface area (Å²) in [5.41, 5.74) is 0.703. The zero-order valence-corrected chi connectivity index (χ0v) is 14.4. The fourth-order valence-corrected chi connectivity index (χ4v) is 3.16. The third-order valence-corrected chi connectivity index (χ3v) is 4.63. The van der Waals surface area contributed by atoms with Gasteiger partial charge in [0.05, 0.1) is 0 Å². The summed E-state index contributed by atoms with van der Waals surface area (Å²) < 4.78 is 14.1. The van der Waals surface area contributed by atoms with E-state index in [1.807, 2.05) is 18.2 Å². The number of nitrogens with zero attached hydrogens (tertiary/aromatic N) is 3. The summed E-state index contributed by atoms with van der Waals surface area (Å²) in [5, 5.41) is 11.4. The molecule has 3 N–H and O–H groups in total. The molecule has 6 nitrogen and oxygen atoms in total. The molecule has 0 unspecified atom stereocenters. The standard InChI is InChI=1S/C16H13ClFN5OS/c17-13-7-2-1-4-10(13)9-25-16-22-21-14(15(24)23(16)19)20-12-6-3-5-11(18)8-12/h1-8H,9,19H2,(H,20,21). The third kappa shape index (κ3) is 4.09. The number of rotatable bonds is 5. The van der Waals surface area contributed by atoms with Gasteiger partial charge in [0.1, 0.15) is 5.82 Å². The Labute approximate surface area is 151 Å². The highest BCUT2D eigenvalue weighted by Crippen LogP contribution is 2.24. The summed E-state index contributed by atoms with van der Waals surface area (Å²) >= 11 is 7.34. The quantitative estimate of drug-likeness (QED) is 0.524. The number of benzene rings is 2. The number of halogens is 2. The Morgan fingerprint density at radius 1 is 1.20 bits per heavy atom. The highest BCUT2D eigenvalue weighted by Gasteiger charge is 2.12. The fraction of sp³-hybridized carbons (Fsp3) is 0.0625. The SMILES string of the molecule is Nn1c(SCc2ccccc2Cl)nnc(Nc2cccc(F)c2)c1=O. The molecular formula is C16H13ClFN5OS.